The summed E-state index contributed by atoms with van der Waals surface area (Å²) in [6.45, 7) is 7.76. The summed E-state index contributed by atoms with van der Waals surface area (Å²) in [4.78, 5) is 10.3. The Bertz CT molecular complexity index is 473. The SMILES string of the molecule is C=Cc1cc(CC/C=C/C(=O)O)ccc1OC(C)C. The van der Waals surface area contributed by atoms with Crippen molar-refractivity contribution in [3.63, 3.8) is 0 Å². The topological polar surface area (TPSA) is 46.5 Å². The van der Waals surface area contributed by atoms with Crippen molar-refractivity contribution in [3.8, 4) is 5.75 Å². The van der Waals surface area contributed by atoms with Crippen molar-refractivity contribution >= 4 is 12.0 Å². The molecule has 0 amide bonds. The lowest BCUT2D eigenvalue weighted by Crippen LogP contribution is -2.06. The highest BCUT2D eigenvalue weighted by Crippen LogP contribution is 2.23. The molecule has 1 rings (SSSR count). The number of ether oxygens (including phenoxy) is 1. The van der Waals surface area contributed by atoms with Crippen molar-refractivity contribution in [2.75, 3.05) is 0 Å². The molecule has 1 aromatic carbocycles. The van der Waals surface area contributed by atoms with Crippen molar-refractivity contribution in [3.05, 3.63) is 48.1 Å². The lowest BCUT2D eigenvalue weighted by atomic mass is 10.1. The van der Waals surface area contributed by atoms with E-state index >= 15 is 0 Å². The van der Waals surface area contributed by atoms with E-state index in [1.165, 1.54) is 6.08 Å². The second-order valence-corrected chi connectivity index (χ2v) is 4.52. The molecule has 0 saturated carbocycles. The Morgan fingerprint density at radius 2 is 2.21 bits per heavy atom. The van der Waals surface area contributed by atoms with Gasteiger partial charge in [0.1, 0.15) is 5.75 Å². The van der Waals surface area contributed by atoms with Crippen molar-refractivity contribution in [1.82, 2.24) is 0 Å². The van der Waals surface area contributed by atoms with Gasteiger partial charge < -0.3 is 9.84 Å². The maximum Gasteiger partial charge on any atom is 0.327 e. The molecule has 0 atom stereocenters. The molecular formula is C16H20O3. The first kappa shape index (κ1) is 15.0. The van der Waals surface area contributed by atoms with Crippen molar-refractivity contribution in [1.29, 1.82) is 0 Å². The molecular weight excluding hydrogens is 240 g/mol. The van der Waals surface area contributed by atoms with Crippen LogP contribution in [0.5, 0.6) is 5.75 Å². The average molecular weight is 260 g/mol. The molecule has 0 heterocycles. The normalized spacial score (nSPS) is 10.9. The number of carboxylic acid groups (broad SMARTS) is 1. The number of aryl methyl sites for hydroxylation is 1. The molecule has 0 aliphatic heterocycles. The number of carbonyl (C=O) groups is 1. The van der Waals surface area contributed by atoms with Crippen LogP contribution in [0, 0.1) is 0 Å². The minimum atomic E-state index is -0.910. The highest BCUT2D eigenvalue weighted by atomic mass is 16.5. The Balaban J connectivity index is 2.71. The van der Waals surface area contributed by atoms with E-state index < -0.39 is 5.97 Å². The summed E-state index contributed by atoms with van der Waals surface area (Å²) in [5.41, 5.74) is 2.11. The van der Waals surface area contributed by atoms with Gasteiger partial charge in [-0.3, -0.25) is 0 Å². The van der Waals surface area contributed by atoms with E-state index in [-0.39, 0.29) is 6.10 Å². The van der Waals surface area contributed by atoms with Crippen LogP contribution in [0.3, 0.4) is 0 Å². The monoisotopic (exact) mass is 260 g/mol. The third-order valence-electron chi connectivity index (χ3n) is 2.52. The van der Waals surface area contributed by atoms with E-state index in [4.69, 9.17) is 9.84 Å². The van der Waals surface area contributed by atoms with Crippen LogP contribution in [0.4, 0.5) is 0 Å². The van der Waals surface area contributed by atoms with Gasteiger partial charge in [-0.15, -0.1) is 0 Å². The molecule has 0 unspecified atom stereocenters. The molecule has 3 nitrogen and oxygen atoms in total. The van der Waals surface area contributed by atoms with E-state index in [9.17, 15) is 4.79 Å². The number of carboxylic acids is 1. The molecule has 0 fully saturated rings. The molecule has 0 radical (unpaired) electrons. The van der Waals surface area contributed by atoms with Crippen molar-refractivity contribution < 1.29 is 14.6 Å². The van der Waals surface area contributed by atoms with E-state index in [0.29, 0.717) is 6.42 Å². The fourth-order valence-corrected chi connectivity index (χ4v) is 1.71. The van der Waals surface area contributed by atoms with Crippen LogP contribution in [0.25, 0.3) is 6.08 Å². The second kappa shape index (κ2) is 7.41. The summed E-state index contributed by atoms with van der Waals surface area (Å²) in [5, 5.41) is 8.50. The molecule has 0 aliphatic carbocycles. The Labute approximate surface area is 114 Å². The van der Waals surface area contributed by atoms with Crippen molar-refractivity contribution in [2.24, 2.45) is 0 Å². The molecule has 0 saturated heterocycles. The minimum Gasteiger partial charge on any atom is -0.490 e. The first-order valence-corrected chi connectivity index (χ1v) is 6.34. The number of rotatable bonds is 7. The fourth-order valence-electron chi connectivity index (χ4n) is 1.71. The van der Waals surface area contributed by atoms with Crippen molar-refractivity contribution in [2.45, 2.75) is 32.8 Å². The number of aliphatic carboxylic acids is 1. The van der Waals surface area contributed by atoms with Crippen LogP contribution in [0.1, 0.15) is 31.4 Å². The van der Waals surface area contributed by atoms with E-state index in [1.807, 2.05) is 32.0 Å². The molecule has 0 aliphatic rings. The third-order valence-corrected chi connectivity index (χ3v) is 2.52. The van der Waals surface area contributed by atoms with Gasteiger partial charge in [0.2, 0.25) is 0 Å². The summed E-state index contributed by atoms with van der Waals surface area (Å²) in [7, 11) is 0. The Kier molecular flexibility index (Phi) is 5.86. The summed E-state index contributed by atoms with van der Waals surface area (Å²) in [6, 6.07) is 5.96. The van der Waals surface area contributed by atoms with E-state index in [0.717, 1.165) is 23.3 Å². The molecule has 3 heteroatoms. The molecule has 0 spiro atoms. The van der Waals surface area contributed by atoms with Gasteiger partial charge in [-0.05, 0) is 44.4 Å². The molecule has 1 N–H and O–H groups in total. The number of hydrogen-bond acceptors (Lipinski definition) is 2. The number of benzene rings is 1. The molecule has 102 valence electrons. The summed E-state index contributed by atoms with van der Waals surface area (Å²) >= 11 is 0. The van der Waals surface area contributed by atoms with E-state index in [1.54, 1.807) is 12.2 Å². The minimum absolute atomic E-state index is 0.128. The smallest absolute Gasteiger partial charge is 0.327 e. The zero-order valence-corrected chi connectivity index (χ0v) is 11.4. The maximum absolute atomic E-state index is 10.3. The molecule has 19 heavy (non-hydrogen) atoms. The molecule has 1 aromatic rings. The van der Waals surface area contributed by atoms with Crippen LogP contribution in [0.15, 0.2) is 36.9 Å². The number of allylic oxidation sites excluding steroid dienone is 1. The second-order valence-electron chi connectivity index (χ2n) is 4.52. The van der Waals surface area contributed by atoms with Gasteiger partial charge in [0.05, 0.1) is 6.10 Å². The highest BCUT2D eigenvalue weighted by Gasteiger charge is 2.04. The fraction of sp³-hybridized carbons (Fsp3) is 0.312. The van der Waals surface area contributed by atoms with Crippen LogP contribution in [0.2, 0.25) is 0 Å². The van der Waals surface area contributed by atoms with Crippen LogP contribution in [-0.4, -0.2) is 17.2 Å². The summed E-state index contributed by atoms with van der Waals surface area (Å²) in [6.07, 6.45) is 6.23. The summed E-state index contributed by atoms with van der Waals surface area (Å²) in [5.74, 6) is -0.0812. The van der Waals surface area contributed by atoms with Gasteiger partial charge in [-0.1, -0.05) is 24.8 Å². The lowest BCUT2D eigenvalue weighted by Gasteiger charge is -2.13. The zero-order chi connectivity index (χ0) is 14.3. The first-order valence-electron chi connectivity index (χ1n) is 6.34. The molecule has 0 bridgehead atoms. The van der Waals surface area contributed by atoms with Gasteiger partial charge in [-0.25, -0.2) is 4.79 Å². The van der Waals surface area contributed by atoms with Gasteiger partial charge >= 0.3 is 5.97 Å². The molecule has 0 aromatic heterocycles. The lowest BCUT2D eigenvalue weighted by molar-refractivity contribution is -0.131. The largest absolute Gasteiger partial charge is 0.490 e. The van der Waals surface area contributed by atoms with Gasteiger partial charge in [0.15, 0.2) is 0 Å². The standard InChI is InChI=1S/C16H20O3/c1-4-14-11-13(7-5-6-8-16(17)18)9-10-15(14)19-12(2)3/h4,6,8-12H,1,5,7H2,2-3H3,(H,17,18)/b8-6+. The number of hydrogen-bond donors (Lipinski definition) is 1. The Hall–Kier alpha value is -2.03. The quantitative estimate of drug-likeness (QED) is 0.760. The average Bonchev–Trinajstić information content (AvgIpc) is 2.35. The van der Waals surface area contributed by atoms with E-state index in [2.05, 4.69) is 6.58 Å². The highest BCUT2D eigenvalue weighted by molar-refractivity contribution is 5.79. The predicted molar refractivity (Wildman–Crippen MR) is 77.4 cm³/mol. The zero-order valence-electron chi connectivity index (χ0n) is 11.4. The third kappa shape index (κ3) is 5.42. The van der Waals surface area contributed by atoms with Crippen LogP contribution in [-0.2, 0) is 11.2 Å². The van der Waals surface area contributed by atoms with Gasteiger partial charge in [0.25, 0.3) is 0 Å². The van der Waals surface area contributed by atoms with Crippen LogP contribution >= 0.6 is 0 Å². The summed E-state index contributed by atoms with van der Waals surface area (Å²) < 4.78 is 5.69. The van der Waals surface area contributed by atoms with Gasteiger partial charge in [-0.2, -0.15) is 0 Å². The Morgan fingerprint density at radius 3 is 2.79 bits per heavy atom. The first-order chi connectivity index (χ1) is 9.02. The Morgan fingerprint density at radius 1 is 1.47 bits per heavy atom. The van der Waals surface area contributed by atoms with Crippen LogP contribution < -0.4 is 4.74 Å². The maximum atomic E-state index is 10.3. The predicted octanol–water partition coefficient (Wildman–Crippen LogP) is 3.69. The van der Waals surface area contributed by atoms with Gasteiger partial charge in [0, 0.05) is 11.6 Å².